The molecule has 1 amide bonds. The number of benzene rings is 1. The van der Waals surface area contributed by atoms with Crippen LogP contribution in [0.5, 0.6) is 0 Å². The van der Waals surface area contributed by atoms with Gasteiger partial charge in [0.25, 0.3) is 5.91 Å². The standard InChI is InChI=1S/C15H20N4O/c1-3-17-14-5-4-12(2)10-13(14)15(20)18-7-9-19-8-6-16-11-19/h4-6,8,10-11,17H,3,7,9H2,1-2H3,(H,18,20). The molecule has 0 atom stereocenters. The quantitative estimate of drug-likeness (QED) is 0.846. The molecule has 0 radical (unpaired) electrons. The fraction of sp³-hybridized carbons (Fsp3) is 0.333. The normalized spacial score (nSPS) is 10.3. The first-order valence-corrected chi connectivity index (χ1v) is 6.79. The lowest BCUT2D eigenvalue weighted by Crippen LogP contribution is -2.27. The van der Waals surface area contributed by atoms with Crippen LogP contribution in [0.3, 0.4) is 0 Å². The van der Waals surface area contributed by atoms with Gasteiger partial charge in [0, 0.05) is 37.7 Å². The van der Waals surface area contributed by atoms with E-state index in [0.29, 0.717) is 18.7 Å². The highest BCUT2D eigenvalue weighted by atomic mass is 16.1. The van der Waals surface area contributed by atoms with Crippen LogP contribution < -0.4 is 10.6 Å². The van der Waals surface area contributed by atoms with Crippen LogP contribution in [0.15, 0.2) is 36.9 Å². The lowest BCUT2D eigenvalue weighted by molar-refractivity contribution is 0.0953. The second-order valence-corrected chi connectivity index (χ2v) is 4.64. The van der Waals surface area contributed by atoms with Crippen molar-refractivity contribution >= 4 is 11.6 Å². The molecule has 5 heteroatoms. The molecule has 0 saturated heterocycles. The largest absolute Gasteiger partial charge is 0.385 e. The van der Waals surface area contributed by atoms with Crippen molar-refractivity contribution in [1.29, 1.82) is 0 Å². The van der Waals surface area contributed by atoms with Crippen molar-refractivity contribution in [3.63, 3.8) is 0 Å². The average molecular weight is 272 g/mol. The predicted molar refractivity (Wildman–Crippen MR) is 79.9 cm³/mol. The average Bonchev–Trinajstić information content (AvgIpc) is 2.94. The monoisotopic (exact) mass is 272 g/mol. The second kappa shape index (κ2) is 6.75. The third kappa shape index (κ3) is 3.60. The summed E-state index contributed by atoms with van der Waals surface area (Å²) in [7, 11) is 0. The van der Waals surface area contributed by atoms with E-state index in [9.17, 15) is 4.79 Å². The molecule has 0 spiro atoms. The van der Waals surface area contributed by atoms with Gasteiger partial charge in [0.1, 0.15) is 0 Å². The van der Waals surface area contributed by atoms with Gasteiger partial charge in [-0.1, -0.05) is 11.6 Å². The number of aryl methyl sites for hydroxylation is 1. The van der Waals surface area contributed by atoms with Crippen molar-refractivity contribution in [3.05, 3.63) is 48.0 Å². The predicted octanol–water partition coefficient (Wildman–Crippen LogP) is 2.05. The van der Waals surface area contributed by atoms with Crippen molar-refractivity contribution in [3.8, 4) is 0 Å². The fourth-order valence-corrected chi connectivity index (χ4v) is 2.00. The van der Waals surface area contributed by atoms with Gasteiger partial charge in [0.15, 0.2) is 0 Å². The molecule has 0 saturated carbocycles. The van der Waals surface area contributed by atoms with Gasteiger partial charge in [-0.25, -0.2) is 4.98 Å². The molecule has 0 aliphatic carbocycles. The van der Waals surface area contributed by atoms with E-state index in [1.807, 2.05) is 42.8 Å². The number of nitrogens with one attached hydrogen (secondary N) is 2. The van der Waals surface area contributed by atoms with E-state index >= 15 is 0 Å². The number of rotatable bonds is 6. The summed E-state index contributed by atoms with van der Waals surface area (Å²) in [6, 6.07) is 5.86. The smallest absolute Gasteiger partial charge is 0.253 e. The van der Waals surface area contributed by atoms with Crippen LogP contribution in [0, 0.1) is 6.92 Å². The molecule has 0 aliphatic rings. The molecule has 0 bridgehead atoms. The Kier molecular flexibility index (Phi) is 4.76. The summed E-state index contributed by atoms with van der Waals surface area (Å²) in [4.78, 5) is 16.2. The van der Waals surface area contributed by atoms with Gasteiger partial charge in [-0.3, -0.25) is 4.79 Å². The van der Waals surface area contributed by atoms with E-state index in [0.717, 1.165) is 17.8 Å². The topological polar surface area (TPSA) is 59.0 Å². The van der Waals surface area contributed by atoms with Gasteiger partial charge in [0.2, 0.25) is 0 Å². The number of aromatic nitrogens is 2. The van der Waals surface area contributed by atoms with Gasteiger partial charge < -0.3 is 15.2 Å². The minimum Gasteiger partial charge on any atom is -0.385 e. The molecule has 0 unspecified atom stereocenters. The van der Waals surface area contributed by atoms with E-state index in [-0.39, 0.29) is 5.91 Å². The number of nitrogens with zero attached hydrogens (tertiary/aromatic N) is 2. The highest BCUT2D eigenvalue weighted by Crippen LogP contribution is 2.17. The number of imidazole rings is 1. The van der Waals surface area contributed by atoms with Crippen molar-refractivity contribution < 1.29 is 4.79 Å². The Morgan fingerprint density at radius 2 is 2.25 bits per heavy atom. The molecule has 0 fully saturated rings. The van der Waals surface area contributed by atoms with Gasteiger partial charge in [0.05, 0.1) is 11.9 Å². The van der Waals surface area contributed by atoms with Crippen LogP contribution in [0.4, 0.5) is 5.69 Å². The van der Waals surface area contributed by atoms with Crippen LogP contribution in [-0.2, 0) is 6.54 Å². The van der Waals surface area contributed by atoms with Crippen LogP contribution in [0.1, 0.15) is 22.8 Å². The Hall–Kier alpha value is -2.30. The van der Waals surface area contributed by atoms with E-state index in [1.54, 1.807) is 12.5 Å². The lowest BCUT2D eigenvalue weighted by atomic mass is 10.1. The molecule has 0 aliphatic heterocycles. The number of carbonyl (C=O) groups excluding carboxylic acids is 1. The first kappa shape index (κ1) is 14.1. The number of hydrogen-bond donors (Lipinski definition) is 2. The maximum Gasteiger partial charge on any atom is 0.253 e. The van der Waals surface area contributed by atoms with Gasteiger partial charge in [-0.2, -0.15) is 0 Å². The summed E-state index contributed by atoms with van der Waals surface area (Å²) in [6.07, 6.45) is 5.34. The van der Waals surface area contributed by atoms with Gasteiger partial charge >= 0.3 is 0 Å². The maximum atomic E-state index is 12.2. The summed E-state index contributed by atoms with van der Waals surface area (Å²) in [5.41, 5.74) is 2.64. The SMILES string of the molecule is CCNc1ccc(C)cc1C(=O)NCCn1ccnc1. The Labute approximate surface area is 119 Å². The molecule has 20 heavy (non-hydrogen) atoms. The first-order chi connectivity index (χ1) is 9.70. The van der Waals surface area contributed by atoms with Crippen molar-refractivity contribution in [2.75, 3.05) is 18.4 Å². The van der Waals surface area contributed by atoms with E-state index in [4.69, 9.17) is 0 Å². The van der Waals surface area contributed by atoms with Crippen LogP contribution in [0.2, 0.25) is 0 Å². The molecular formula is C15H20N4O. The van der Waals surface area contributed by atoms with Crippen LogP contribution in [-0.4, -0.2) is 28.5 Å². The third-order valence-corrected chi connectivity index (χ3v) is 3.00. The maximum absolute atomic E-state index is 12.2. The molecule has 2 rings (SSSR count). The van der Waals surface area contributed by atoms with Gasteiger partial charge in [-0.05, 0) is 26.0 Å². The first-order valence-electron chi connectivity index (χ1n) is 6.79. The molecule has 2 aromatic rings. The zero-order chi connectivity index (χ0) is 14.4. The van der Waals surface area contributed by atoms with Gasteiger partial charge in [-0.15, -0.1) is 0 Å². The van der Waals surface area contributed by atoms with E-state index in [2.05, 4.69) is 15.6 Å². The highest BCUT2D eigenvalue weighted by Gasteiger charge is 2.10. The second-order valence-electron chi connectivity index (χ2n) is 4.64. The van der Waals surface area contributed by atoms with Crippen molar-refractivity contribution in [1.82, 2.24) is 14.9 Å². The Morgan fingerprint density at radius 1 is 1.40 bits per heavy atom. The minimum atomic E-state index is -0.0511. The zero-order valence-corrected chi connectivity index (χ0v) is 11.9. The molecule has 1 heterocycles. The number of anilines is 1. The molecule has 1 aromatic carbocycles. The van der Waals surface area contributed by atoms with E-state index < -0.39 is 0 Å². The Balaban J connectivity index is 1.99. The molecule has 2 N–H and O–H groups in total. The van der Waals surface area contributed by atoms with Crippen LogP contribution in [0.25, 0.3) is 0 Å². The fourth-order valence-electron chi connectivity index (χ4n) is 2.00. The zero-order valence-electron chi connectivity index (χ0n) is 11.9. The third-order valence-electron chi connectivity index (χ3n) is 3.00. The lowest BCUT2D eigenvalue weighted by Gasteiger charge is -2.12. The van der Waals surface area contributed by atoms with Crippen molar-refractivity contribution in [2.24, 2.45) is 0 Å². The van der Waals surface area contributed by atoms with Crippen LogP contribution >= 0.6 is 0 Å². The Bertz CT molecular complexity index is 563. The summed E-state index contributed by atoms with van der Waals surface area (Å²) in [5, 5.41) is 6.15. The molecule has 5 nitrogen and oxygen atoms in total. The summed E-state index contributed by atoms with van der Waals surface area (Å²) < 4.78 is 1.93. The summed E-state index contributed by atoms with van der Waals surface area (Å²) in [5.74, 6) is -0.0511. The number of carbonyl (C=O) groups is 1. The summed E-state index contributed by atoms with van der Waals surface area (Å²) in [6.45, 7) is 6.08. The molecule has 1 aromatic heterocycles. The highest BCUT2D eigenvalue weighted by molar-refractivity contribution is 5.99. The molecule has 106 valence electrons. The van der Waals surface area contributed by atoms with Crippen molar-refractivity contribution in [2.45, 2.75) is 20.4 Å². The van der Waals surface area contributed by atoms with E-state index in [1.165, 1.54) is 0 Å². The molecular weight excluding hydrogens is 252 g/mol. The summed E-state index contributed by atoms with van der Waals surface area (Å²) >= 11 is 0. The number of amides is 1. The Morgan fingerprint density at radius 3 is 2.95 bits per heavy atom. The number of hydrogen-bond acceptors (Lipinski definition) is 3. The minimum absolute atomic E-state index is 0.0511.